The second-order valence-electron chi connectivity index (χ2n) is 6.02. The summed E-state index contributed by atoms with van der Waals surface area (Å²) in [6.45, 7) is 1.50. The number of carbonyl (C=O) groups excluding carboxylic acids is 1. The van der Waals surface area contributed by atoms with Gasteiger partial charge in [-0.15, -0.1) is 0 Å². The second kappa shape index (κ2) is 7.44. The van der Waals surface area contributed by atoms with Gasteiger partial charge in [-0.05, 0) is 30.5 Å². The zero-order valence-electron chi connectivity index (χ0n) is 13.3. The predicted molar refractivity (Wildman–Crippen MR) is 87.9 cm³/mol. The van der Waals surface area contributed by atoms with Gasteiger partial charge in [0.2, 0.25) is 5.91 Å². The molecule has 0 aliphatic carbocycles. The highest BCUT2D eigenvalue weighted by Gasteiger charge is 2.19. The number of hydrogen-bond acceptors (Lipinski definition) is 4. The Balaban J connectivity index is 1.61. The molecule has 2 unspecified atom stereocenters. The van der Waals surface area contributed by atoms with Crippen LogP contribution in [0.2, 0.25) is 0 Å². The van der Waals surface area contributed by atoms with E-state index in [9.17, 15) is 9.18 Å². The highest BCUT2D eigenvalue weighted by atomic mass is 19.1. The molecule has 1 aromatic heterocycles. The Kier molecular flexibility index (Phi) is 5.10. The number of hydrogen-bond donors (Lipinski definition) is 2. The van der Waals surface area contributed by atoms with Crippen molar-refractivity contribution in [2.45, 2.75) is 38.0 Å². The van der Waals surface area contributed by atoms with Gasteiger partial charge in [-0.2, -0.15) is 5.10 Å². The van der Waals surface area contributed by atoms with Crippen molar-refractivity contribution in [2.75, 3.05) is 11.9 Å². The van der Waals surface area contributed by atoms with Gasteiger partial charge in [0.05, 0.1) is 24.5 Å². The first-order valence-electron chi connectivity index (χ1n) is 8.04. The van der Waals surface area contributed by atoms with E-state index in [-0.39, 0.29) is 11.9 Å². The highest BCUT2D eigenvalue weighted by molar-refractivity contribution is 5.83. The molecule has 7 heteroatoms. The van der Waals surface area contributed by atoms with Crippen molar-refractivity contribution >= 4 is 11.6 Å². The number of halogens is 1. The third-order valence-corrected chi connectivity index (χ3v) is 4.09. The van der Waals surface area contributed by atoms with Gasteiger partial charge in [0.25, 0.3) is 0 Å². The average Bonchev–Trinajstić information content (AvgIpc) is 3.21. The molecule has 0 saturated carbocycles. The molecule has 128 valence electrons. The minimum atomic E-state index is -0.587. The number of aromatic nitrogens is 2. The number of rotatable bonds is 7. The molecule has 3 N–H and O–H groups in total. The molecule has 2 atom stereocenters. The quantitative estimate of drug-likeness (QED) is 0.809. The lowest BCUT2D eigenvalue weighted by atomic mass is 10.1. The van der Waals surface area contributed by atoms with Gasteiger partial charge >= 0.3 is 0 Å². The van der Waals surface area contributed by atoms with Crippen molar-refractivity contribution in [3.8, 4) is 0 Å². The highest BCUT2D eigenvalue weighted by Crippen LogP contribution is 2.16. The number of nitrogens with two attached hydrogens (primary N) is 1. The maximum atomic E-state index is 13.0. The molecule has 1 aromatic carbocycles. The molecule has 0 spiro atoms. The number of carbonyl (C=O) groups is 1. The zero-order valence-corrected chi connectivity index (χ0v) is 13.3. The van der Waals surface area contributed by atoms with Crippen LogP contribution in [0.5, 0.6) is 0 Å². The lowest BCUT2D eigenvalue weighted by Gasteiger charge is -2.15. The first kappa shape index (κ1) is 16.4. The Morgan fingerprint density at radius 3 is 2.92 bits per heavy atom. The third kappa shape index (κ3) is 4.32. The van der Waals surface area contributed by atoms with Gasteiger partial charge < -0.3 is 15.8 Å². The average molecular weight is 332 g/mol. The van der Waals surface area contributed by atoms with E-state index in [1.807, 2.05) is 6.20 Å². The van der Waals surface area contributed by atoms with Crippen LogP contribution >= 0.6 is 0 Å². The molecule has 1 aliphatic rings. The molecular formula is C17H21FN4O2. The van der Waals surface area contributed by atoms with Crippen molar-refractivity contribution in [3.05, 3.63) is 48.0 Å². The minimum Gasteiger partial charge on any atom is -0.376 e. The van der Waals surface area contributed by atoms with E-state index >= 15 is 0 Å². The smallest absolute Gasteiger partial charge is 0.240 e. The van der Waals surface area contributed by atoms with Crippen LogP contribution in [0.3, 0.4) is 0 Å². The van der Waals surface area contributed by atoms with E-state index in [1.165, 1.54) is 12.1 Å². The summed E-state index contributed by atoms with van der Waals surface area (Å²) in [5.74, 6) is -0.774. The van der Waals surface area contributed by atoms with Crippen LogP contribution in [0.15, 0.2) is 36.7 Å². The standard InChI is InChI=1S/C17H21FN4O2/c18-13-5-3-12(4-6-13)8-16(17(19)23)21-14-9-20-22(10-14)11-15-2-1-7-24-15/h3-6,9-10,15-16,21H,1-2,7-8,11H2,(H2,19,23). The molecule has 1 amide bonds. The Morgan fingerprint density at radius 2 is 2.25 bits per heavy atom. The fourth-order valence-electron chi connectivity index (χ4n) is 2.82. The Morgan fingerprint density at radius 1 is 1.46 bits per heavy atom. The Labute approximate surface area is 139 Å². The normalized spacial score (nSPS) is 18.5. The molecule has 1 aliphatic heterocycles. The van der Waals surface area contributed by atoms with Crippen LogP contribution < -0.4 is 11.1 Å². The summed E-state index contributed by atoms with van der Waals surface area (Å²) in [5, 5.41) is 7.38. The third-order valence-electron chi connectivity index (χ3n) is 4.09. The van der Waals surface area contributed by atoms with Crippen LogP contribution in [-0.2, 0) is 22.5 Å². The molecule has 24 heavy (non-hydrogen) atoms. The maximum absolute atomic E-state index is 13.0. The van der Waals surface area contributed by atoms with Crippen LogP contribution in [0.25, 0.3) is 0 Å². The van der Waals surface area contributed by atoms with Crippen LogP contribution in [-0.4, -0.2) is 34.4 Å². The largest absolute Gasteiger partial charge is 0.376 e. The van der Waals surface area contributed by atoms with E-state index in [2.05, 4.69) is 10.4 Å². The van der Waals surface area contributed by atoms with Crippen molar-refractivity contribution in [1.29, 1.82) is 0 Å². The summed E-state index contributed by atoms with van der Waals surface area (Å²) in [7, 11) is 0. The monoisotopic (exact) mass is 332 g/mol. The molecule has 6 nitrogen and oxygen atoms in total. The Bertz CT molecular complexity index is 680. The van der Waals surface area contributed by atoms with Crippen molar-refractivity contribution in [1.82, 2.24) is 9.78 Å². The SMILES string of the molecule is NC(=O)C(Cc1ccc(F)cc1)Nc1cnn(CC2CCCO2)c1. The number of ether oxygens (including phenoxy) is 1. The molecule has 3 rings (SSSR count). The lowest BCUT2D eigenvalue weighted by Crippen LogP contribution is -2.37. The minimum absolute atomic E-state index is 0.198. The summed E-state index contributed by atoms with van der Waals surface area (Å²) < 4.78 is 20.4. The van der Waals surface area contributed by atoms with E-state index in [1.54, 1.807) is 23.0 Å². The van der Waals surface area contributed by atoms with Gasteiger partial charge in [0, 0.05) is 19.2 Å². The van der Waals surface area contributed by atoms with E-state index in [0.717, 1.165) is 30.7 Å². The lowest BCUT2D eigenvalue weighted by molar-refractivity contribution is -0.118. The van der Waals surface area contributed by atoms with Gasteiger partial charge in [-0.3, -0.25) is 9.48 Å². The van der Waals surface area contributed by atoms with Gasteiger partial charge in [-0.1, -0.05) is 12.1 Å². The van der Waals surface area contributed by atoms with Crippen molar-refractivity contribution in [3.63, 3.8) is 0 Å². The number of amides is 1. The fraction of sp³-hybridized carbons (Fsp3) is 0.412. The molecule has 1 fully saturated rings. The van der Waals surface area contributed by atoms with Crippen LogP contribution in [0, 0.1) is 5.82 Å². The molecule has 0 bridgehead atoms. The predicted octanol–water partition coefficient (Wildman–Crippen LogP) is 1.71. The van der Waals surface area contributed by atoms with Gasteiger partial charge in [0.1, 0.15) is 11.9 Å². The number of nitrogens with one attached hydrogen (secondary N) is 1. The van der Waals surface area contributed by atoms with Crippen LogP contribution in [0.1, 0.15) is 18.4 Å². The first-order chi connectivity index (χ1) is 11.6. The molecular weight excluding hydrogens is 311 g/mol. The first-order valence-corrected chi connectivity index (χ1v) is 8.04. The zero-order chi connectivity index (χ0) is 16.9. The summed E-state index contributed by atoms with van der Waals surface area (Å²) in [5.41, 5.74) is 7.03. The fourth-order valence-corrected chi connectivity index (χ4v) is 2.82. The van der Waals surface area contributed by atoms with E-state index in [0.29, 0.717) is 13.0 Å². The van der Waals surface area contributed by atoms with Crippen molar-refractivity contribution in [2.24, 2.45) is 5.73 Å². The molecule has 0 radical (unpaired) electrons. The molecule has 2 aromatic rings. The number of benzene rings is 1. The van der Waals surface area contributed by atoms with Crippen molar-refractivity contribution < 1.29 is 13.9 Å². The summed E-state index contributed by atoms with van der Waals surface area (Å²) >= 11 is 0. The second-order valence-corrected chi connectivity index (χ2v) is 6.02. The number of primary amides is 1. The molecule has 1 saturated heterocycles. The molecule has 2 heterocycles. The summed E-state index contributed by atoms with van der Waals surface area (Å²) in [6.07, 6.45) is 6.20. The topological polar surface area (TPSA) is 82.2 Å². The number of nitrogens with zero attached hydrogens (tertiary/aromatic N) is 2. The van der Waals surface area contributed by atoms with E-state index in [4.69, 9.17) is 10.5 Å². The Hall–Kier alpha value is -2.41. The summed E-state index contributed by atoms with van der Waals surface area (Å²) in [6, 6.07) is 5.44. The van der Waals surface area contributed by atoms with E-state index < -0.39 is 11.9 Å². The van der Waals surface area contributed by atoms with Gasteiger partial charge in [0.15, 0.2) is 0 Å². The number of anilines is 1. The maximum Gasteiger partial charge on any atom is 0.240 e. The van der Waals surface area contributed by atoms with Gasteiger partial charge in [-0.25, -0.2) is 4.39 Å². The summed E-state index contributed by atoms with van der Waals surface area (Å²) in [4.78, 5) is 11.7. The van der Waals surface area contributed by atoms with Crippen LogP contribution in [0.4, 0.5) is 10.1 Å².